The lowest BCUT2D eigenvalue weighted by molar-refractivity contribution is -0.123. The lowest BCUT2D eigenvalue weighted by Crippen LogP contribution is -2.36. The Bertz CT molecular complexity index is 1400. The second-order valence-electron chi connectivity index (χ2n) is 8.30. The molecule has 0 aliphatic carbocycles. The summed E-state index contributed by atoms with van der Waals surface area (Å²) in [5, 5.41) is 2.56. The number of rotatable bonds is 11. The quantitative estimate of drug-likeness (QED) is 0.326. The SMILES string of the molecule is Cc1ccc(S(=O)(=O)NCCNC(=O)COc2ccc(S(=O)(=O)Nc3cc(C)cc(C)c3)cc2)cc1. The van der Waals surface area contributed by atoms with Crippen molar-refractivity contribution in [2.75, 3.05) is 24.4 Å². The van der Waals surface area contributed by atoms with Crippen LogP contribution in [-0.4, -0.2) is 42.4 Å². The number of aryl methyl sites for hydroxylation is 3. The Morgan fingerprint density at radius 3 is 1.89 bits per heavy atom. The molecular weight excluding hydrogens is 502 g/mol. The first-order chi connectivity index (χ1) is 16.9. The molecule has 0 heterocycles. The summed E-state index contributed by atoms with van der Waals surface area (Å²) in [5.74, 6) is -0.131. The van der Waals surface area contributed by atoms with E-state index in [1.54, 1.807) is 24.3 Å². The number of benzene rings is 3. The van der Waals surface area contributed by atoms with Gasteiger partial charge in [-0.3, -0.25) is 9.52 Å². The first-order valence-electron chi connectivity index (χ1n) is 11.1. The second kappa shape index (κ2) is 11.5. The molecule has 3 aromatic rings. The number of nitrogens with one attached hydrogen (secondary N) is 3. The number of amides is 1. The van der Waals surface area contributed by atoms with Crippen LogP contribution in [0.1, 0.15) is 16.7 Å². The minimum absolute atomic E-state index is 0.0158. The lowest BCUT2D eigenvalue weighted by Gasteiger charge is -2.11. The number of sulfonamides is 2. The standard InChI is InChI=1S/C25H29N3O6S2/c1-18-4-8-23(9-5-18)35(30,31)27-13-12-26-25(29)17-34-22-6-10-24(11-7-22)36(32,33)28-21-15-19(2)14-20(3)16-21/h4-11,14-16,27-28H,12-13,17H2,1-3H3,(H,26,29). The van der Waals surface area contributed by atoms with Crippen molar-refractivity contribution in [1.82, 2.24) is 10.0 Å². The summed E-state index contributed by atoms with van der Waals surface area (Å²) in [4.78, 5) is 12.2. The minimum atomic E-state index is -3.79. The highest BCUT2D eigenvalue weighted by molar-refractivity contribution is 7.92. The van der Waals surface area contributed by atoms with Crippen LogP contribution in [-0.2, 0) is 24.8 Å². The number of anilines is 1. The summed E-state index contributed by atoms with van der Waals surface area (Å²) >= 11 is 0. The fourth-order valence-corrected chi connectivity index (χ4v) is 5.42. The van der Waals surface area contributed by atoms with Crippen molar-refractivity contribution in [2.45, 2.75) is 30.6 Å². The monoisotopic (exact) mass is 531 g/mol. The Hall–Kier alpha value is -3.41. The van der Waals surface area contributed by atoms with Crippen molar-refractivity contribution in [3.63, 3.8) is 0 Å². The van der Waals surface area contributed by atoms with Gasteiger partial charge in [0.1, 0.15) is 5.75 Å². The average Bonchev–Trinajstić information content (AvgIpc) is 2.80. The summed E-state index contributed by atoms with van der Waals surface area (Å²) in [7, 11) is -7.44. The van der Waals surface area contributed by atoms with Crippen LogP contribution in [0.4, 0.5) is 5.69 Å². The van der Waals surface area contributed by atoms with E-state index < -0.39 is 26.0 Å². The predicted octanol–water partition coefficient (Wildman–Crippen LogP) is 2.89. The molecule has 0 atom stereocenters. The molecular formula is C25H29N3O6S2. The van der Waals surface area contributed by atoms with Gasteiger partial charge in [-0.05, 0) is 80.4 Å². The van der Waals surface area contributed by atoms with Crippen LogP contribution in [0.15, 0.2) is 76.5 Å². The van der Waals surface area contributed by atoms with Gasteiger partial charge in [0.05, 0.1) is 9.79 Å². The number of carbonyl (C=O) groups is 1. The molecule has 0 saturated carbocycles. The number of carbonyl (C=O) groups excluding carboxylic acids is 1. The molecule has 3 aromatic carbocycles. The molecule has 0 unspecified atom stereocenters. The zero-order valence-corrected chi connectivity index (χ0v) is 21.9. The maximum atomic E-state index is 12.7. The zero-order chi connectivity index (χ0) is 26.3. The number of hydrogen-bond donors (Lipinski definition) is 3. The molecule has 0 aromatic heterocycles. The van der Waals surface area contributed by atoms with Gasteiger partial charge >= 0.3 is 0 Å². The van der Waals surface area contributed by atoms with E-state index in [0.717, 1.165) is 16.7 Å². The third kappa shape index (κ3) is 7.80. The van der Waals surface area contributed by atoms with Gasteiger partial charge in [0.2, 0.25) is 10.0 Å². The summed E-state index contributed by atoms with van der Waals surface area (Å²) < 4.78 is 60.2. The van der Waals surface area contributed by atoms with Crippen LogP contribution in [0.3, 0.4) is 0 Å². The molecule has 3 N–H and O–H groups in total. The molecule has 36 heavy (non-hydrogen) atoms. The summed E-state index contributed by atoms with van der Waals surface area (Å²) in [6.07, 6.45) is 0. The average molecular weight is 532 g/mol. The van der Waals surface area contributed by atoms with Crippen molar-refractivity contribution < 1.29 is 26.4 Å². The highest BCUT2D eigenvalue weighted by Gasteiger charge is 2.15. The number of hydrogen-bond acceptors (Lipinski definition) is 6. The highest BCUT2D eigenvalue weighted by Crippen LogP contribution is 2.21. The molecule has 9 nitrogen and oxygen atoms in total. The van der Waals surface area contributed by atoms with Crippen molar-refractivity contribution in [1.29, 1.82) is 0 Å². The Morgan fingerprint density at radius 1 is 0.722 bits per heavy atom. The Labute approximate surface area is 212 Å². The van der Waals surface area contributed by atoms with Crippen LogP contribution < -0.4 is 19.5 Å². The van der Waals surface area contributed by atoms with Gasteiger partial charge in [0.15, 0.2) is 6.61 Å². The summed E-state index contributed by atoms with van der Waals surface area (Å²) in [5.41, 5.74) is 3.31. The fraction of sp³-hybridized carbons (Fsp3) is 0.240. The molecule has 0 fully saturated rings. The van der Waals surface area contributed by atoms with E-state index in [1.165, 1.54) is 36.4 Å². The molecule has 11 heteroatoms. The molecule has 0 saturated heterocycles. The van der Waals surface area contributed by atoms with Crippen molar-refractivity contribution in [2.24, 2.45) is 0 Å². The van der Waals surface area contributed by atoms with Gasteiger partial charge in [-0.1, -0.05) is 23.8 Å². The summed E-state index contributed by atoms with van der Waals surface area (Å²) in [6, 6.07) is 17.6. The van der Waals surface area contributed by atoms with Crippen LogP contribution in [0.5, 0.6) is 5.75 Å². The first kappa shape index (κ1) is 27.2. The van der Waals surface area contributed by atoms with Gasteiger partial charge in [0.25, 0.3) is 15.9 Å². The topological polar surface area (TPSA) is 131 Å². The van der Waals surface area contributed by atoms with Crippen LogP contribution in [0.25, 0.3) is 0 Å². The van der Waals surface area contributed by atoms with Crippen LogP contribution in [0.2, 0.25) is 0 Å². The van der Waals surface area contributed by atoms with Gasteiger partial charge in [0, 0.05) is 18.8 Å². The normalized spacial score (nSPS) is 11.6. The minimum Gasteiger partial charge on any atom is -0.484 e. The Morgan fingerprint density at radius 2 is 1.28 bits per heavy atom. The highest BCUT2D eigenvalue weighted by atomic mass is 32.2. The third-order valence-electron chi connectivity index (χ3n) is 5.05. The molecule has 192 valence electrons. The van der Waals surface area contributed by atoms with Crippen molar-refractivity contribution in [3.05, 3.63) is 83.4 Å². The van der Waals surface area contributed by atoms with E-state index in [-0.39, 0.29) is 29.5 Å². The third-order valence-corrected chi connectivity index (χ3v) is 7.92. The first-order valence-corrected chi connectivity index (χ1v) is 14.1. The van der Waals surface area contributed by atoms with E-state index in [0.29, 0.717) is 11.4 Å². The molecule has 0 bridgehead atoms. The van der Waals surface area contributed by atoms with Gasteiger partial charge in [-0.15, -0.1) is 0 Å². The van der Waals surface area contributed by atoms with E-state index in [1.807, 2.05) is 26.8 Å². The molecule has 0 aliphatic rings. The second-order valence-corrected chi connectivity index (χ2v) is 11.8. The van der Waals surface area contributed by atoms with Crippen LogP contribution in [0, 0.1) is 20.8 Å². The molecule has 0 aliphatic heterocycles. The molecule has 0 spiro atoms. The van der Waals surface area contributed by atoms with E-state index in [2.05, 4.69) is 14.8 Å². The van der Waals surface area contributed by atoms with E-state index in [4.69, 9.17) is 4.74 Å². The van der Waals surface area contributed by atoms with Gasteiger partial charge < -0.3 is 10.1 Å². The fourth-order valence-electron chi connectivity index (χ4n) is 3.35. The molecule has 3 rings (SSSR count). The summed E-state index contributed by atoms with van der Waals surface area (Å²) in [6.45, 7) is 5.42. The van der Waals surface area contributed by atoms with E-state index >= 15 is 0 Å². The maximum Gasteiger partial charge on any atom is 0.261 e. The van der Waals surface area contributed by atoms with Crippen LogP contribution >= 0.6 is 0 Å². The van der Waals surface area contributed by atoms with Crippen molar-refractivity contribution in [3.8, 4) is 5.75 Å². The zero-order valence-electron chi connectivity index (χ0n) is 20.2. The molecule has 1 amide bonds. The largest absolute Gasteiger partial charge is 0.484 e. The predicted molar refractivity (Wildman–Crippen MR) is 138 cm³/mol. The lowest BCUT2D eigenvalue weighted by atomic mass is 10.1. The molecule has 0 radical (unpaired) electrons. The Balaban J connectivity index is 1.45. The maximum absolute atomic E-state index is 12.7. The van der Waals surface area contributed by atoms with Gasteiger partial charge in [-0.2, -0.15) is 0 Å². The van der Waals surface area contributed by atoms with E-state index in [9.17, 15) is 21.6 Å². The number of ether oxygens (including phenoxy) is 1. The Kier molecular flexibility index (Phi) is 8.72. The smallest absolute Gasteiger partial charge is 0.261 e. The van der Waals surface area contributed by atoms with Gasteiger partial charge in [-0.25, -0.2) is 21.6 Å². The van der Waals surface area contributed by atoms with Crippen molar-refractivity contribution >= 4 is 31.6 Å².